The summed E-state index contributed by atoms with van der Waals surface area (Å²) >= 11 is 0. The molecule has 0 radical (unpaired) electrons. The van der Waals surface area contributed by atoms with Crippen molar-refractivity contribution in [2.75, 3.05) is 5.32 Å². The molecule has 0 bridgehead atoms. The zero-order chi connectivity index (χ0) is 19.7. The molecule has 148 valence electrons. The van der Waals surface area contributed by atoms with E-state index in [2.05, 4.69) is 15.3 Å². The van der Waals surface area contributed by atoms with Crippen LogP contribution < -0.4 is 10.9 Å². The minimum atomic E-state index is -0.625. The van der Waals surface area contributed by atoms with Gasteiger partial charge in [-0.2, -0.15) is 4.98 Å². The van der Waals surface area contributed by atoms with E-state index in [0.717, 1.165) is 31.0 Å². The minimum Gasteiger partial charge on any atom is -0.351 e. The SMILES string of the molecule is CCCn1c(NCc2ccc(F)cc2F)nc2c(c1=O)CC(C1CCCC1)=N2. The fourth-order valence-electron chi connectivity index (χ4n) is 4.09. The smallest absolute Gasteiger partial charge is 0.260 e. The Morgan fingerprint density at radius 1 is 1.25 bits per heavy atom. The van der Waals surface area contributed by atoms with E-state index in [1.165, 1.54) is 25.0 Å². The van der Waals surface area contributed by atoms with Gasteiger partial charge in [0.15, 0.2) is 5.82 Å². The number of hydrogen-bond acceptors (Lipinski definition) is 4. The summed E-state index contributed by atoms with van der Waals surface area (Å²) < 4.78 is 28.6. The Labute approximate surface area is 162 Å². The maximum Gasteiger partial charge on any atom is 0.260 e. The van der Waals surface area contributed by atoms with E-state index in [-0.39, 0.29) is 12.1 Å². The highest BCUT2D eigenvalue weighted by atomic mass is 19.1. The van der Waals surface area contributed by atoms with Crippen LogP contribution in [-0.2, 0) is 19.5 Å². The number of aliphatic imine (C=N–C) groups is 1. The number of benzene rings is 1. The molecule has 1 saturated carbocycles. The molecule has 0 saturated heterocycles. The lowest BCUT2D eigenvalue weighted by Crippen LogP contribution is -2.28. The molecule has 1 aromatic carbocycles. The van der Waals surface area contributed by atoms with Gasteiger partial charge in [-0.25, -0.2) is 13.8 Å². The Morgan fingerprint density at radius 3 is 2.75 bits per heavy atom. The molecular formula is C21H24F2N4O. The summed E-state index contributed by atoms with van der Waals surface area (Å²) in [4.78, 5) is 22.3. The Morgan fingerprint density at radius 2 is 2.04 bits per heavy atom. The first-order valence-corrected chi connectivity index (χ1v) is 9.95. The maximum atomic E-state index is 13.9. The summed E-state index contributed by atoms with van der Waals surface area (Å²) in [6, 6.07) is 3.46. The first-order chi connectivity index (χ1) is 13.6. The van der Waals surface area contributed by atoms with Crippen LogP contribution in [-0.4, -0.2) is 15.3 Å². The first-order valence-electron chi connectivity index (χ1n) is 9.95. The number of nitrogens with one attached hydrogen (secondary N) is 1. The van der Waals surface area contributed by atoms with Gasteiger partial charge in [0.25, 0.3) is 5.56 Å². The van der Waals surface area contributed by atoms with Gasteiger partial charge in [0.1, 0.15) is 11.6 Å². The van der Waals surface area contributed by atoms with Crippen molar-refractivity contribution >= 4 is 17.5 Å². The molecule has 1 aliphatic heterocycles. The third-order valence-corrected chi connectivity index (χ3v) is 5.57. The average Bonchev–Trinajstić information content (AvgIpc) is 3.33. The van der Waals surface area contributed by atoms with Gasteiger partial charge in [0, 0.05) is 36.9 Å². The number of halogens is 2. The number of anilines is 1. The molecule has 5 nitrogen and oxygen atoms in total. The molecule has 7 heteroatoms. The van der Waals surface area contributed by atoms with Crippen molar-refractivity contribution in [1.82, 2.24) is 9.55 Å². The first kappa shape index (κ1) is 18.8. The van der Waals surface area contributed by atoms with Crippen LogP contribution in [0.2, 0.25) is 0 Å². The second-order valence-corrected chi connectivity index (χ2v) is 7.54. The average molecular weight is 386 g/mol. The maximum absolute atomic E-state index is 13.9. The number of fused-ring (bicyclic) bond motifs is 1. The second-order valence-electron chi connectivity index (χ2n) is 7.54. The van der Waals surface area contributed by atoms with E-state index >= 15 is 0 Å². The molecular weight excluding hydrogens is 362 g/mol. The van der Waals surface area contributed by atoms with Crippen molar-refractivity contribution in [3.63, 3.8) is 0 Å². The van der Waals surface area contributed by atoms with Crippen LogP contribution in [0, 0.1) is 17.6 Å². The van der Waals surface area contributed by atoms with Crippen LogP contribution in [0.1, 0.15) is 50.2 Å². The fourth-order valence-corrected chi connectivity index (χ4v) is 4.09. The molecule has 1 N–H and O–H groups in total. The third-order valence-electron chi connectivity index (χ3n) is 5.57. The molecule has 28 heavy (non-hydrogen) atoms. The van der Waals surface area contributed by atoms with E-state index in [0.29, 0.717) is 41.8 Å². The molecule has 0 unspecified atom stereocenters. The van der Waals surface area contributed by atoms with Crippen molar-refractivity contribution in [1.29, 1.82) is 0 Å². The van der Waals surface area contributed by atoms with Gasteiger partial charge in [0.05, 0.1) is 5.56 Å². The van der Waals surface area contributed by atoms with Crippen LogP contribution in [0.5, 0.6) is 0 Å². The van der Waals surface area contributed by atoms with Crippen LogP contribution in [0.3, 0.4) is 0 Å². The zero-order valence-electron chi connectivity index (χ0n) is 16.0. The Bertz CT molecular complexity index is 977. The van der Waals surface area contributed by atoms with Gasteiger partial charge in [0.2, 0.25) is 5.95 Å². The monoisotopic (exact) mass is 386 g/mol. The lowest BCUT2D eigenvalue weighted by molar-refractivity contribution is 0.573. The molecule has 1 aromatic heterocycles. The van der Waals surface area contributed by atoms with E-state index in [1.54, 1.807) is 4.57 Å². The zero-order valence-corrected chi connectivity index (χ0v) is 16.0. The normalized spacial score (nSPS) is 16.3. The van der Waals surface area contributed by atoms with Crippen molar-refractivity contribution < 1.29 is 8.78 Å². The Kier molecular flexibility index (Phi) is 5.24. The lowest BCUT2D eigenvalue weighted by Gasteiger charge is -2.14. The summed E-state index contributed by atoms with van der Waals surface area (Å²) in [6.45, 7) is 2.62. The molecule has 0 amide bonds. The molecule has 2 heterocycles. The summed E-state index contributed by atoms with van der Waals surface area (Å²) in [6.07, 6.45) is 6.04. The van der Waals surface area contributed by atoms with Gasteiger partial charge in [-0.05, 0) is 31.2 Å². The number of aromatic nitrogens is 2. The van der Waals surface area contributed by atoms with Crippen LogP contribution >= 0.6 is 0 Å². The van der Waals surface area contributed by atoms with E-state index in [9.17, 15) is 13.6 Å². The Hall–Kier alpha value is -2.57. The Balaban J connectivity index is 1.63. The van der Waals surface area contributed by atoms with Crippen molar-refractivity contribution in [3.05, 3.63) is 51.3 Å². The van der Waals surface area contributed by atoms with Gasteiger partial charge in [-0.1, -0.05) is 25.8 Å². The number of nitrogens with zero attached hydrogens (tertiary/aromatic N) is 3. The second kappa shape index (κ2) is 7.81. The van der Waals surface area contributed by atoms with Crippen molar-refractivity contribution in [3.8, 4) is 0 Å². The van der Waals surface area contributed by atoms with Gasteiger partial charge >= 0.3 is 0 Å². The van der Waals surface area contributed by atoms with Crippen molar-refractivity contribution in [2.24, 2.45) is 10.9 Å². The number of rotatable bonds is 6. The fraction of sp³-hybridized carbons (Fsp3) is 0.476. The third kappa shape index (κ3) is 3.57. The van der Waals surface area contributed by atoms with E-state index < -0.39 is 11.6 Å². The molecule has 1 fully saturated rings. The minimum absolute atomic E-state index is 0.0781. The highest BCUT2D eigenvalue weighted by Gasteiger charge is 2.29. The van der Waals surface area contributed by atoms with E-state index in [1.807, 2.05) is 6.92 Å². The largest absolute Gasteiger partial charge is 0.351 e. The molecule has 2 aliphatic rings. The summed E-state index contributed by atoms with van der Waals surface area (Å²) in [7, 11) is 0. The molecule has 4 rings (SSSR count). The lowest BCUT2D eigenvalue weighted by atomic mass is 9.98. The van der Waals surface area contributed by atoms with Crippen molar-refractivity contribution in [2.45, 2.75) is 58.5 Å². The molecule has 0 spiro atoms. The molecule has 1 aliphatic carbocycles. The van der Waals surface area contributed by atoms with E-state index in [4.69, 9.17) is 0 Å². The summed E-state index contributed by atoms with van der Waals surface area (Å²) in [5.74, 6) is 0.0817. The van der Waals surface area contributed by atoms with Crippen LogP contribution in [0.15, 0.2) is 28.0 Å². The summed E-state index contributed by atoms with van der Waals surface area (Å²) in [5, 5.41) is 3.05. The standard InChI is InChI=1S/C21H24F2N4O/c1-2-9-27-20(28)16-11-18(13-5-3-4-6-13)25-19(16)26-21(27)24-12-14-7-8-15(22)10-17(14)23/h7-8,10,13H,2-6,9,11-12H2,1H3,(H,24,26). The predicted octanol–water partition coefficient (Wildman–Crippen LogP) is 4.36. The highest BCUT2D eigenvalue weighted by molar-refractivity contribution is 5.95. The predicted molar refractivity (Wildman–Crippen MR) is 105 cm³/mol. The quantitative estimate of drug-likeness (QED) is 0.802. The van der Waals surface area contributed by atoms with Gasteiger partial charge in [-0.3, -0.25) is 9.36 Å². The van der Waals surface area contributed by atoms with Gasteiger partial charge in [-0.15, -0.1) is 0 Å². The highest BCUT2D eigenvalue weighted by Crippen LogP contribution is 2.33. The number of hydrogen-bond donors (Lipinski definition) is 1. The van der Waals surface area contributed by atoms with Crippen LogP contribution in [0.4, 0.5) is 20.5 Å². The summed E-state index contributed by atoms with van der Waals surface area (Å²) in [5.41, 5.74) is 1.97. The molecule has 2 aromatic rings. The molecule has 0 atom stereocenters. The van der Waals surface area contributed by atoms with Crippen LogP contribution in [0.25, 0.3) is 0 Å². The topological polar surface area (TPSA) is 59.3 Å². The van der Waals surface area contributed by atoms with Gasteiger partial charge < -0.3 is 5.32 Å².